The Kier molecular flexibility index (Phi) is 5.10. The Morgan fingerprint density at radius 1 is 1.19 bits per heavy atom. The molecule has 0 fully saturated rings. The highest BCUT2D eigenvalue weighted by Crippen LogP contribution is 2.27. The van der Waals surface area contributed by atoms with E-state index < -0.39 is 0 Å². The number of hydrogen-bond donors (Lipinski definition) is 2. The van der Waals surface area contributed by atoms with Crippen molar-refractivity contribution in [3.05, 3.63) is 46.7 Å². The number of likely N-dealkylation sites (N-methyl/N-ethyl adjacent to an activating group) is 1. The maximum absolute atomic E-state index is 4.73. The summed E-state index contributed by atoms with van der Waals surface area (Å²) >= 11 is 1.79. The van der Waals surface area contributed by atoms with Crippen molar-refractivity contribution in [1.29, 1.82) is 0 Å². The van der Waals surface area contributed by atoms with Crippen LogP contribution in [0.3, 0.4) is 0 Å². The summed E-state index contributed by atoms with van der Waals surface area (Å²) in [5, 5.41) is 8.06. The van der Waals surface area contributed by atoms with E-state index in [2.05, 4.69) is 51.6 Å². The summed E-state index contributed by atoms with van der Waals surface area (Å²) in [6.45, 7) is 6.04. The van der Waals surface area contributed by atoms with Crippen LogP contribution in [0.15, 0.2) is 30.6 Å². The maximum Gasteiger partial charge on any atom is 0.183 e. The lowest BCUT2D eigenvalue weighted by Gasteiger charge is -2.20. The van der Waals surface area contributed by atoms with Crippen LogP contribution in [0.4, 0.5) is 5.13 Å². The van der Waals surface area contributed by atoms with Crippen molar-refractivity contribution < 1.29 is 0 Å². The minimum Gasteiger partial charge on any atom is -0.360 e. The van der Waals surface area contributed by atoms with Crippen LogP contribution in [0, 0.1) is 0 Å². The first kappa shape index (κ1) is 17.3. The van der Waals surface area contributed by atoms with Crippen LogP contribution < -0.4 is 10.6 Å². The van der Waals surface area contributed by atoms with Crippen molar-refractivity contribution in [3.8, 4) is 0 Å². The van der Waals surface area contributed by atoms with Gasteiger partial charge in [0.15, 0.2) is 5.13 Å². The molecular weight excluding hydrogens is 344 g/mol. The number of anilines is 1. The summed E-state index contributed by atoms with van der Waals surface area (Å²) in [6.07, 6.45) is 4.52. The molecule has 1 aliphatic heterocycles. The quantitative estimate of drug-likeness (QED) is 0.652. The fourth-order valence-electron chi connectivity index (χ4n) is 3.22. The fraction of sp³-hybridized carbons (Fsp3) is 0.421. The molecule has 6 nitrogen and oxygen atoms in total. The first-order valence-corrected chi connectivity index (χ1v) is 9.86. The predicted octanol–water partition coefficient (Wildman–Crippen LogP) is 2.84. The highest BCUT2D eigenvalue weighted by Gasteiger charge is 2.18. The number of rotatable bonds is 6. The average molecular weight is 369 g/mol. The molecule has 0 saturated carbocycles. The van der Waals surface area contributed by atoms with Crippen LogP contribution in [0.2, 0.25) is 0 Å². The van der Waals surface area contributed by atoms with Gasteiger partial charge in [-0.15, -0.1) is 11.3 Å². The Morgan fingerprint density at radius 2 is 2.04 bits per heavy atom. The lowest BCUT2D eigenvalue weighted by atomic mass is 10.1. The standard InChI is InChI=1S/C19H24N6S/c1-13(14-3-4-15-17(11-14)22-8-7-21-15)20-6-9-23-19-24-16-5-10-25(2)12-18(16)26-19/h3-4,7-8,11,13,20H,5-6,9-10,12H2,1-2H3,(H,23,24). The molecule has 0 amide bonds. The lowest BCUT2D eigenvalue weighted by Crippen LogP contribution is -2.25. The van der Waals surface area contributed by atoms with Gasteiger partial charge in [-0.05, 0) is 31.7 Å². The first-order valence-electron chi connectivity index (χ1n) is 9.04. The van der Waals surface area contributed by atoms with Crippen LogP contribution >= 0.6 is 11.3 Å². The topological polar surface area (TPSA) is 66.0 Å². The van der Waals surface area contributed by atoms with E-state index in [0.717, 1.165) is 48.8 Å². The largest absolute Gasteiger partial charge is 0.360 e. The van der Waals surface area contributed by atoms with Crippen LogP contribution in [0.25, 0.3) is 11.0 Å². The molecule has 1 aliphatic rings. The van der Waals surface area contributed by atoms with E-state index in [1.165, 1.54) is 16.1 Å². The van der Waals surface area contributed by atoms with E-state index in [-0.39, 0.29) is 6.04 Å². The minimum absolute atomic E-state index is 0.265. The molecule has 1 unspecified atom stereocenters. The molecule has 26 heavy (non-hydrogen) atoms. The SMILES string of the molecule is CC(NCCNc1nc2c(s1)CN(C)CC2)c1ccc2nccnc2c1. The van der Waals surface area contributed by atoms with Gasteiger partial charge in [-0.3, -0.25) is 9.97 Å². The lowest BCUT2D eigenvalue weighted by molar-refractivity contribution is 0.314. The first-order chi connectivity index (χ1) is 12.7. The molecule has 3 aromatic rings. The summed E-state index contributed by atoms with van der Waals surface area (Å²) in [7, 11) is 2.17. The number of nitrogens with one attached hydrogen (secondary N) is 2. The average Bonchev–Trinajstić information content (AvgIpc) is 3.06. The summed E-state index contributed by atoms with van der Waals surface area (Å²) in [5.74, 6) is 0. The van der Waals surface area contributed by atoms with Crippen molar-refractivity contribution in [2.24, 2.45) is 0 Å². The molecule has 0 saturated heterocycles. The van der Waals surface area contributed by atoms with Gasteiger partial charge in [-0.2, -0.15) is 0 Å². The Hall–Kier alpha value is -2.09. The third-order valence-corrected chi connectivity index (χ3v) is 5.81. The highest BCUT2D eigenvalue weighted by molar-refractivity contribution is 7.15. The van der Waals surface area contributed by atoms with E-state index >= 15 is 0 Å². The number of benzene rings is 1. The minimum atomic E-state index is 0.265. The monoisotopic (exact) mass is 368 g/mol. The fourth-order valence-corrected chi connectivity index (χ4v) is 4.34. The van der Waals surface area contributed by atoms with Gasteiger partial charge in [0.2, 0.25) is 0 Å². The van der Waals surface area contributed by atoms with Crippen LogP contribution in [-0.2, 0) is 13.0 Å². The molecule has 0 spiro atoms. The second-order valence-corrected chi connectivity index (χ2v) is 7.87. The summed E-state index contributed by atoms with van der Waals surface area (Å²) in [6, 6.07) is 6.53. The number of aromatic nitrogens is 3. The van der Waals surface area contributed by atoms with E-state index in [4.69, 9.17) is 4.98 Å². The van der Waals surface area contributed by atoms with Crippen molar-refractivity contribution >= 4 is 27.5 Å². The van der Waals surface area contributed by atoms with E-state index in [9.17, 15) is 0 Å². The molecule has 4 rings (SSSR count). The number of nitrogens with zero attached hydrogens (tertiary/aromatic N) is 4. The molecule has 0 aliphatic carbocycles. The second-order valence-electron chi connectivity index (χ2n) is 6.78. The molecule has 7 heteroatoms. The van der Waals surface area contributed by atoms with Gasteiger partial charge in [0, 0.05) is 55.9 Å². The highest BCUT2D eigenvalue weighted by atomic mass is 32.1. The zero-order valence-corrected chi connectivity index (χ0v) is 16.0. The van der Waals surface area contributed by atoms with Crippen molar-refractivity contribution in [2.75, 3.05) is 32.0 Å². The zero-order valence-electron chi connectivity index (χ0n) is 15.2. The maximum atomic E-state index is 4.73. The van der Waals surface area contributed by atoms with Gasteiger partial charge in [0.1, 0.15) is 0 Å². The van der Waals surface area contributed by atoms with Crippen LogP contribution in [0.1, 0.15) is 29.1 Å². The molecule has 3 heterocycles. The molecule has 1 aromatic carbocycles. The molecule has 136 valence electrons. The van der Waals surface area contributed by atoms with Crippen LogP contribution in [0.5, 0.6) is 0 Å². The summed E-state index contributed by atoms with van der Waals surface area (Å²) in [4.78, 5) is 17.2. The molecule has 0 bridgehead atoms. The molecule has 2 N–H and O–H groups in total. The third-order valence-electron chi connectivity index (χ3n) is 4.77. The summed E-state index contributed by atoms with van der Waals surface area (Å²) < 4.78 is 0. The van der Waals surface area contributed by atoms with Gasteiger partial charge < -0.3 is 15.5 Å². The Morgan fingerprint density at radius 3 is 2.92 bits per heavy atom. The van der Waals surface area contributed by atoms with Gasteiger partial charge in [0.05, 0.1) is 16.7 Å². The van der Waals surface area contributed by atoms with Gasteiger partial charge in [-0.25, -0.2) is 4.98 Å². The predicted molar refractivity (Wildman–Crippen MR) is 107 cm³/mol. The third kappa shape index (κ3) is 3.85. The Bertz CT molecular complexity index is 893. The molecule has 2 aromatic heterocycles. The second kappa shape index (κ2) is 7.65. The van der Waals surface area contributed by atoms with Crippen molar-refractivity contribution in [3.63, 3.8) is 0 Å². The smallest absolute Gasteiger partial charge is 0.183 e. The normalized spacial score (nSPS) is 15.8. The zero-order chi connectivity index (χ0) is 17.9. The van der Waals surface area contributed by atoms with Gasteiger partial charge >= 0.3 is 0 Å². The molecular formula is C19H24N6S. The van der Waals surface area contributed by atoms with Gasteiger partial charge in [0.25, 0.3) is 0 Å². The van der Waals surface area contributed by atoms with Gasteiger partial charge in [-0.1, -0.05) is 6.07 Å². The molecule has 0 radical (unpaired) electrons. The van der Waals surface area contributed by atoms with Crippen molar-refractivity contribution in [1.82, 2.24) is 25.2 Å². The number of fused-ring (bicyclic) bond motifs is 2. The Balaban J connectivity index is 1.29. The van der Waals surface area contributed by atoms with Crippen molar-refractivity contribution in [2.45, 2.75) is 25.9 Å². The van der Waals surface area contributed by atoms with E-state index in [1.807, 2.05) is 6.07 Å². The van der Waals surface area contributed by atoms with Crippen LogP contribution in [-0.4, -0.2) is 46.5 Å². The summed E-state index contributed by atoms with van der Waals surface area (Å²) in [5.41, 5.74) is 4.37. The van der Waals surface area contributed by atoms with E-state index in [0.29, 0.717) is 0 Å². The Labute approximate surface area is 157 Å². The number of hydrogen-bond acceptors (Lipinski definition) is 7. The number of thiazole rings is 1. The molecule has 1 atom stereocenters. The van der Waals surface area contributed by atoms with E-state index in [1.54, 1.807) is 23.7 Å².